The fourth-order valence-electron chi connectivity index (χ4n) is 8.00. The lowest BCUT2D eigenvalue weighted by Crippen LogP contribution is -2.62. The molecule has 0 aromatic heterocycles. The van der Waals surface area contributed by atoms with E-state index in [1.165, 1.54) is 43.9 Å². The maximum absolute atomic E-state index is 14.6. The van der Waals surface area contributed by atoms with E-state index in [1.807, 2.05) is 6.92 Å². The average Bonchev–Trinajstić information content (AvgIpc) is 3.73. The number of unbranched alkanes of at least 4 members (excludes halogenated alkanes) is 1. The Balaban J connectivity index is 1.97. The third-order valence-corrected chi connectivity index (χ3v) is 11.2. The van der Waals surface area contributed by atoms with Gasteiger partial charge in [-0.15, -0.1) is 0 Å². The Bertz CT molecular complexity index is 1660. The van der Waals surface area contributed by atoms with Crippen molar-refractivity contribution in [1.29, 1.82) is 0 Å². The molecule has 2 N–H and O–H groups in total. The van der Waals surface area contributed by atoms with Crippen LogP contribution < -0.4 is 10.1 Å². The van der Waals surface area contributed by atoms with Gasteiger partial charge in [-0.1, -0.05) is 72.1 Å². The number of rotatable bonds is 19. The second kappa shape index (κ2) is 21.3. The molecule has 15 nitrogen and oxygen atoms in total. The van der Waals surface area contributed by atoms with Gasteiger partial charge in [-0.3, -0.25) is 38.5 Å². The lowest BCUT2D eigenvalue weighted by Gasteiger charge is -2.38. The average molecular weight is 812 g/mol. The molecule has 15 heteroatoms. The second-order valence-corrected chi connectivity index (χ2v) is 16.4. The number of β-amino-alcohol motifs (C(OH)–C–C–N with tert-alkyl or cyclic N) is 1. The summed E-state index contributed by atoms with van der Waals surface area (Å²) < 4.78 is 10.8. The summed E-state index contributed by atoms with van der Waals surface area (Å²) >= 11 is 0. The molecule has 3 rings (SSSR count). The summed E-state index contributed by atoms with van der Waals surface area (Å²) in [7, 11) is 4.48. The van der Waals surface area contributed by atoms with Crippen LogP contribution in [0.2, 0.25) is 0 Å². The van der Waals surface area contributed by atoms with Gasteiger partial charge in [0.2, 0.25) is 23.6 Å². The molecule has 322 valence electrons. The number of likely N-dealkylation sites (tertiary alicyclic amines) is 1. The highest BCUT2D eigenvalue weighted by atomic mass is 16.5. The fourth-order valence-corrected chi connectivity index (χ4v) is 8.00. The summed E-state index contributed by atoms with van der Waals surface area (Å²) in [5.74, 6) is -4.21. The van der Waals surface area contributed by atoms with Gasteiger partial charge in [0.25, 0.3) is 11.8 Å². The van der Waals surface area contributed by atoms with Crippen LogP contribution in [0.15, 0.2) is 36.4 Å². The Hall–Kier alpha value is -4.79. The van der Waals surface area contributed by atoms with E-state index in [9.17, 15) is 38.7 Å². The summed E-state index contributed by atoms with van der Waals surface area (Å²) in [6.07, 6.45) is 4.29. The van der Waals surface area contributed by atoms with Crippen LogP contribution in [0.4, 0.5) is 0 Å². The van der Waals surface area contributed by atoms with Crippen molar-refractivity contribution in [3.8, 4) is 5.75 Å². The van der Waals surface area contributed by atoms with E-state index >= 15 is 0 Å². The molecule has 0 bridgehead atoms. The Morgan fingerprint density at radius 2 is 1.62 bits per heavy atom. The highest BCUT2D eigenvalue weighted by Gasteiger charge is 2.48. The summed E-state index contributed by atoms with van der Waals surface area (Å²) in [4.78, 5) is 101. The van der Waals surface area contributed by atoms with Crippen LogP contribution in [-0.2, 0) is 44.7 Å². The van der Waals surface area contributed by atoms with Gasteiger partial charge >= 0.3 is 5.97 Å². The van der Waals surface area contributed by atoms with Gasteiger partial charge in [-0.05, 0) is 49.8 Å². The number of likely N-dealkylation sites (N-methyl/N-ethyl adjacent to an activating group) is 2. The molecule has 1 aromatic rings. The molecule has 6 amide bonds. The summed E-state index contributed by atoms with van der Waals surface area (Å²) in [6, 6.07) is 1.58. The SMILES string of the molecule is CCCC[C@@H](C)C[C@@H](C)C(=O)N(C)[C@@H](Cc1ccc(OC)cc1)C(=O)N[C@H](C(=O)N(C)[C@H](C(=O)N1C[C@@H](O)C[C@H]1C(=O)N1C(=O)C=C[C@@H]1C)C(C)C)[C@@H](C)OC(C)=O. The van der Waals surface area contributed by atoms with E-state index in [1.54, 1.807) is 58.2 Å². The van der Waals surface area contributed by atoms with Crippen LogP contribution in [0.3, 0.4) is 0 Å². The molecule has 0 radical (unpaired) electrons. The normalized spacial score (nSPS) is 20.8. The highest BCUT2D eigenvalue weighted by molar-refractivity contribution is 6.06. The first-order valence-electron chi connectivity index (χ1n) is 20.4. The molecule has 1 aromatic carbocycles. The first kappa shape index (κ1) is 47.6. The van der Waals surface area contributed by atoms with Crippen molar-refractivity contribution in [2.45, 2.75) is 136 Å². The van der Waals surface area contributed by atoms with E-state index in [0.29, 0.717) is 18.1 Å². The van der Waals surface area contributed by atoms with Crippen LogP contribution in [0.25, 0.3) is 0 Å². The molecule has 9 atom stereocenters. The van der Waals surface area contributed by atoms with Crippen molar-refractivity contribution in [1.82, 2.24) is 24.9 Å². The molecule has 0 spiro atoms. The maximum atomic E-state index is 14.6. The number of nitrogens with zero attached hydrogens (tertiary/aromatic N) is 4. The van der Waals surface area contributed by atoms with Gasteiger partial charge in [0, 0.05) is 52.4 Å². The van der Waals surface area contributed by atoms with Gasteiger partial charge in [-0.25, -0.2) is 0 Å². The number of methoxy groups -OCH3 is 1. The molecule has 2 heterocycles. The number of aliphatic hydroxyl groups excluding tert-OH is 1. The van der Waals surface area contributed by atoms with Crippen LogP contribution in [0.1, 0.15) is 93.1 Å². The number of nitrogens with one attached hydrogen (secondary N) is 1. The van der Waals surface area contributed by atoms with Gasteiger partial charge in [0.15, 0.2) is 0 Å². The second-order valence-electron chi connectivity index (χ2n) is 16.4. The van der Waals surface area contributed by atoms with Crippen molar-refractivity contribution in [3.63, 3.8) is 0 Å². The predicted molar refractivity (Wildman–Crippen MR) is 217 cm³/mol. The van der Waals surface area contributed by atoms with Crippen molar-refractivity contribution in [2.24, 2.45) is 17.8 Å². The van der Waals surface area contributed by atoms with Gasteiger partial charge in [0.1, 0.15) is 36.0 Å². The summed E-state index contributed by atoms with van der Waals surface area (Å²) in [5, 5.41) is 13.4. The van der Waals surface area contributed by atoms with E-state index in [2.05, 4.69) is 19.2 Å². The molecule has 0 unspecified atom stereocenters. The lowest BCUT2D eigenvalue weighted by atomic mass is 9.91. The molecule has 2 aliphatic heterocycles. The molecule has 2 aliphatic rings. The standard InChI is InChI=1S/C43H65N5O10/c1-12-13-14-26(4)21-27(5)40(53)45(9)34(22-31-16-18-33(57-11)19-17-31)39(52)44-37(29(7)58-30(8)49)42(55)46(10)38(25(2)3)43(56)47-24-32(50)23-35(47)41(54)48-28(6)15-20-36(48)51/h15-20,25-29,32,34-35,37-38,50H,12-14,21-24H2,1-11H3,(H,44,52)/t26-,27-,28+,29-,32+,34+,35+,37+,38+/m1/s1. The first-order chi connectivity index (χ1) is 27.2. The smallest absolute Gasteiger partial charge is 0.302 e. The van der Waals surface area contributed by atoms with E-state index in [0.717, 1.165) is 34.6 Å². The molecular formula is C43H65N5O10. The monoisotopic (exact) mass is 811 g/mol. The minimum absolute atomic E-state index is 0.0857. The number of imide groups is 1. The Labute approximate surface area is 343 Å². The van der Waals surface area contributed by atoms with Crippen molar-refractivity contribution < 1.29 is 48.1 Å². The van der Waals surface area contributed by atoms with Crippen molar-refractivity contribution in [2.75, 3.05) is 27.7 Å². The quantitative estimate of drug-likeness (QED) is 0.156. The van der Waals surface area contributed by atoms with Crippen molar-refractivity contribution in [3.05, 3.63) is 42.0 Å². The van der Waals surface area contributed by atoms with E-state index in [4.69, 9.17) is 9.47 Å². The Morgan fingerprint density at radius 1 is 0.983 bits per heavy atom. The molecule has 58 heavy (non-hydrogen) atoms. The molecule has 0 saturated carbocycles. The minimum Gasteiger partial charge on any atom is -0.497 e. The predicted octanol–water partition coefficient (Wildman–Crippen LogP) is 3.11. The number of esters is 1. The highest BCUT2D eigenvalue weighted by Crippen LogP contribution is 2.27. The summed E-state index contributed by atoms with van der Waals surface area (Å²) in [5.41, 5.74) is 0.723. The molecular weight excluding hydrogens is 746 g/mol. The number of amides is 6. The van der Waals surface area contributed by atoms with E-state index in [-0.39, 0.29) is 25.3 Å². The third kappa shape index (κ3) is 11.9. The number of hydrogen-bond donors (Lipinski definition) is 2. The van der Waals surface area contributed by atoms with Gasteiger partial charge in [-0.2, -0.15) is 0 Å². The Kier molecular flexibility index (Phi) is 17.5. The number of carbonyl (C=O) groups is 7. The number of ether oxygens (including phenoxy) is 2. The van der Waals surface area contributed by atoms with Crippen molar-refractivity contribution >= 4 is 41.4 Å². The zero-order valence-corrected chi connectivity index (χ0v) is 36.1. The maximum Gasteiger partial charge on any atom is 0.302 e. The minimum atomic E-state index is -1.50. The number of benzene rings is 1. The van der Waals surface area contributed by atoms with E-state index < -0.39 is 89.8 Å². The zero-order valence-electron chi connectivity index (χ0n) is 36.1. The van der Waals surface area contributed by atoms with Crippen LogP contribution in [0, 0.1) is 17.8 Å². The lowest BCUT2D eigenvalue weighted by molar-refractivity contribution is -0.157. The molecule has 1 saturated heterocycles. The fraction of sp³-hybridized carbons (Fsp3) is 0.651. The topological polar surface area (TPSA) is 183 Å². The number of carbonyl (C=O) groups excluding carboxylic acids is 7. The summed E-state index contributed by atoms with van der Waals surface area (Å²) in [6.45, 7) is 13.6. The van der Waals surface area contributed by atoms with Crippen LogP contribution in [0.5, 0.6) is 5.75 Å². The molecule has 1 fully saturated rings. The zero-order chi connectivity index (χ0) is 43.6. The molecule has 0 aliphatic carbocycles. The van der Waals surface area contributed by atoms with Gasteiger partial charge in [0.05, 0.1) is 19.3 Å². The Morgan fingerprint density at radius 3 is 2.16 bits per heavy atom. The number of aliphatic hydroxyl groups is 1. The van der Waals surface area contributed by atoms with Crippen LogP contribution in [-0.4, -0.2) is 136 Å². The van der Waals surface area contributed by atoms with Gasteiger partial charge < -0.3 is 34.6 Å². The largest absolute Gasteiger partial charge is 0.497 e. The third-order valence-electron chi connectivity index (χ3n) is 11.2. The number of hydrogen-bond acceptors (Lipinski definition) is 10. The van der Waals surface area contributed by atoms with Crippen LogP contribution >= 0.6 is 0 Å². The first-order valence-corrected chi connectivity index (χ1v) is 20.4.